The molecule has 0 amide bonds. The zero-order chi connectivity index (χ0) is 14.7. The number of aryl methyl sites for hydroxylation is 1. The largest absolute Gasteiger partial charge is 0.370 e. The summed E-state index contributed by atoms with van der Waals surface area (Å²) in [7, 11) is 0. The zero-order valence-electron chi connectivity index (χ0n) is 9.72. The predicted octanol–water partition coefficient (Wildman–Crippen LogP) is 1.65. The molecule has 1 aromatic rings. The summed E-state index contributed by atoms with van der Waals surface area (Å²) < 4.78 is 0.717. The number of nitro benzene ring substituents is 1. The van der Waals surface area contributed by atoms with Crippen LogP contribution in [0.5, 0.6) is 0 Å². The van der Waals surface area contributed by atoms with Crippen LogP contribution in [0.3, 0.4) is 0 Å². The summed E-state index contributed by atoms with van der Waals surface area (Å²) in [5.74, 6) is -0.463. The average molecular weight is 394 g/mol. The number of hydrogen-bond acceptors (Lipinski definition) is 3. The van der Waals surface area contributed by atoms with Crippen molar-refractivity contribution in [3.05, 3.63) is 30.7 Å². The first-order valence-corrected chi connectivity index (χ1v) is 6.39. The van der Waals surface area contributed by atoms with Crippen LogP contribution in [-0.4, -0.2) is 16.8 Å². The van der Waals surface area contributed by atoms with Crippen molar-refractivity contribution in [1.82, 2.24) is 0 Å². The maximum Gasteiger partial charge on any atom is 0.288 e. The summed E-state index contributed by atoms with van der Waals surface area (Å²) in [6, 6.07) is 1.56. The van der Waals surface area contributed by atoms with Crippen LogP contribution in [-0.2, 0) is 0 Å². The fourth-order valence-corrected chi connectivity index (χ4v) is 2.97. The Balaban J connectivity index is 3.49. The molecule has 0 unspecified atom stereocenters. The fraction of sp³-hybridized carbons (Fsp3) is 0.111. The number of nitro groups is 1. The molecule has 0 aromatic heterocycles. The minimum Gasteiger partial charge on any atom is -0.370 e. The molecule has 0 bridgehead atoms. The number of benzene rings is 1. The van der Waals surface area contributed by atoms with Gasteiger partial charge in [0.2, 0.25) is 5.96 Å². The van der Waals surface area contributed by atoms with Crippen LogP contribution in [0.2, 0.25) is 0 Å². The van der Waals surface area contributed by atoms with E-state index in [1.54, 1.807) is 13.0 Å². The molecule has 19 heavy (non-hydrogen) atoms. The molecule has 1 aromatic carbocycles. The van der Waals surface area contributed by atoms with E-state index in [-0.39, 0.29) is 27.8 Å². The van der Waals surface area contributed by atoms with Crippen LogP contribution in [0.1, 0.15) is 5.56 Å². The summed E-state index contributed by atoms with van der Waals surface area (Å²) in [5, 5.41) is 11.0. The quantitative estimate of drug-likeness (QED) is 0.302. The van der Waals surface area contributed by atoms with E-state index in [2.05, 4.69) is 41.8 Å². The Bertz CT molecular complexity index is 595. The highest BCUT2D eigenvalue weighted by atomic mass is 79.9. The highest BCUT2D eigenvalue weighted by Crippen LogP contribution is 2.42. The zero-order valence-corrected chi connectivity index (χ0v) is 12.9. The minimum absolute atomic E-state index is 0.0977. The van der Waals surface area contributed by atoms with Gasteiger partial charge in [0.25, 0.3) is 5.69 Å². The van der Waals surface area contributed by atoms with Crippen LogP contribution < -0.4 is 17.2 Å². The van der Waals surface area contributed by atoms with E-state index in [0.717, 1.165) is 0 Å². The Labute approximate surface area is 125 Å². The first-order valence-electron chi connectivity index (χ1n) is 4.80. The third kappa shape index (κ3) is 3.64. The highest BCUT2D eigenvalue weighted by Gasteiger charge is 2.21. The van der Waals surface area contributed by atoms with E-state index in [9.17, 15) is 10.1 Å². The molecule has 8 nitrogen and oxygen atoms in total. The predicted molar refractivity (Wildman–Crippen MR) is 80.3 cm³/mol. The summed E-state index contributed by atoms with van der Waals surface area (Å²) >= 11 is 6.38. The standard InChI is InChI=1S/C9H10Br2N6O2/c1-3-2-4(10)6(5(11)7(3)17(18)19)15-9(14)16-8(12)13/h2H,1H3,(H6,12,13,14,15,16). The van der Waals surface area contributed by atoms with Crippen LogP contribution >= 0.6 is 31.9 Å². The second-order valence-electron chi connectivity index (χ2n) is 3.45. The molecule has 0 aliphatic heterocycles. The van der Waals surface area contributed by atoms with Gasteiger partial charge in [-0.2, -0.15) is 4.99 Å². The van der Waals surface area contributed by atoms with Gasteiger partial charge in [-0.15, -0.1) is 0 Å². The number of aliphatic imine (C=N–C) groups is 2. The normalized spacial score (nSPS) is 11.2. The molecule has 10 heteroatoms. The first-order chi connectivity index (χ1) is 8.73. The molecular weight excluding hydrogens is 384 g/mol. The van der Waals surface area contributed by atoms with Gasteiger partial charge in [0.1, 0.15) is 10.2 Å². The summed E-state index contributed by atoms with van der Waals surface area (Å²) in [6.45, 7) is 1.61. The molecule has 0 saturated carbocycles. The van der Waals surface area contributed by atoms with Crippen molar-refractivity contribution in [2.24, 2.45) is 27.2 Å². The third-order valence-corrected chi connectivity index (χ3v) is 3.37. The van der Waals surface area contributed by atoms with E-state index in [4.69, 9.17) is 17.2 Å². The third-order valence-electron chi connectivity index (χ3n) is 2.01. The molecule has 0 aliphatic rings. The smallest absolute Gasteiger partial charge is 0.288 e. The lowest BCUT2D eigenvalue weighted by Gasteiger charge is -2.06. The molecule has 0 fully saturated rings. The van der Waals surface area contributed by atoms with E-state index in [1.165, 1.54) is 0 Å². The van der Waals surface area contributed by atoms with Crippen molar-refractivity contribution < 1.29 is 4.92 Å². The molecule has 6 N–H and O–H groups in total. The SMILES string of the molecule is Cc1cc(Br)c(N=C(N)N=C(N)N)c(Br)c1[N+](=O)[O-]. The fourth-order valence-electron chi connectivity index (χ4n) is 1.32. The Morgan fingerprint density at radius 2 is 1.95 bits per heavy atom. The van der Waals surface area contributed by atoms with Gasteiger partial charge in [-0.05, 0) is 44.8 Å². The number of nitrogens with zero attached hydrogens (tertiary/aromatic N) is 3. The van der Waals surface area contributed by atoms with E-state index >= 15 is 0 Å². The molecule has 0 saturated heterocycles. The van der Waals surface area contributed by atoms with Crippen molar-refractivity contribution in [3.63, 3.8) is 0 Å². The average Bonchev–Trinajstić information content (AvgIpc) is 2.22. The van der Waals surface area contributed by atoms with Gasteiger partial charge >= 0.3 is 0 Å². The van der Waals surface area contributed by atoms with Crippen LogP contribution in [0.25, 0.3) is 0 Å². The second-order valence-corrected chi connectivity index (χ2v) is 5.10. The molecule has 0 atom stereocenters. The lowest BCUT2D eigenvalue weighted by molar-refractivity contribution is -0.386. The van der Waals surface area contributed by atoms with E-state index < -0.39 is 4.92 Å². The number of guanidine groups is 2. The summed E-state index contributed by atoms with van der Waals surface area (Å²) in [5.41, 5.74) is 16.4. The number of nitrogens with two attached hydrogens (primary N) is 3. The van der Waals surface area contributed by atoms with Crippen molar-refractivity contribution in [2.45, 2.75) is 6.92 Å². The molecule has 102 valence electrons. The van der Waals surface area contributed by atoms with Gasteiger partial charge in [-0.1, -0.05) is 0 Å². The van der Waals surface area contributed by atoms with Gasteiger partial charge in [-0.25, -0.2) is 4.99 Å². The minimum atomic E-state index is -0.512. The number of hydrogen-bond donors (Lipinski definition) is 3. The summed E-state index contributed by atoms with van der Waals surface area (Å²) in [4.78, 5) is 17.9. The number of rotatable bonds is 2. The highest BCUT2D eigenvalue weighted by molar-refractivity contribution is 9.11. The van der Waals surface area contributed by atoms with Crippen molar-refractivity contribution in [2.75, 3.05) is 0 Å². The van der Waals surface area contributed by atoms with Crippen molar-refractivity contribution in [3.8, 4) is 0 Å². The van der Waals surface area contributed by atoms with Gasteiger partial charge in [0.05, 0.1) is 4.92 Å². The molecule has 0 radical (unpaired) electrons. The lowest BCUT2D eigenvalue weighted by atomic mass is 10.2. The van der Waals surface area contributed by atoms with Gasteiger partial charge < -0.3 is 17.2 Å². The van der Waals surface area contributed by atoms with E-state index in [1.807, 2.05) is 0 Å². The van der Waals surface area contributed by atoms with Crippen molar-refractivity contribution >= 4 is 55.2 Å². The Morgan fingerprint density at radius 1 is 1.37 bits per heavy atom. The Morgan fingerprint density at radius 3 is 2.42 bits per heavy atom. The monoisotopic (exact) mass is 392 g/mol. The Kier molecular flexibility index (Phi) is 4.84. The first kappa shape index (κ1) is 15.4. The molecule has 1 rings (SSSR count). The lowest BCUT2D eigenvalue weighted by Crippen LogP contribution is -2.26. The van der Waals surface area contributed by atoms with Crippen LogP contribution in [0.4, 0.5) is 11.4 Å². The summed E-state index contributed by atoms with van der Waals surface area (Å²) in [6.07, 6.45) is 0. The molecule has 0 aliphatic carbocycles. The second kappa shape index (κ2) is 5.97. The number of halogens is 2. The van der Waals surface area contributed by atoms with E-state index in [0.29, 0.717) is 10.0 Å². The molecule has 0 spiro atoms. The topological polar surface area (TPSA) is 146 Å². The van der Waals surface area contributed by atoms with Crippen LogP contribution in [0, 0.1) is 17.0 Å². The van der Waals surface area contributed by atoms with Gasteiger partial charge in [0, 0.05) is 10.0 Å². The van der Waals surface area contributed by atoms with Crippen LogP contribution in [0.15, 0.2) is 25.0 Å². The van der Waals surface area contributed by atoms with Gasteiger partial charge in [-0.3, -0.25) is 10.1 Å². The molecule has 0 heterocycles. The maximum absolute atomic E-state index is 11.0. The maximum atomic E-state index is 11.0. The molecular formula is C9H10Br2N6O2. The Hall–Kier alpha value is -1.68. The van der Waals surface area contributed by atoms with Crippen molar-refractivity contribution in [1.29, 1.82) is 0 Å². The van der Waals surface area contributed by atoms with Gasteiger partial charge in [0.15, 0.2) is 5.96 Å².